The van der Waals surface area contributed by atoms with E-state index in [0.717, 1.165) is 12.1 Å². The molecule has 0 aliphatic heterocycles. The molecule has 2 amide bonds. The lowest BCUT2D eigenvalue weighted by atomic mass is 10.1. The summed E-state index contributed by atoms with van der Waals surface area (Å²) >= 11 is 0. The van der Waals surface area contributed by atoms with E-state index in [0.29, 0.717) is 6.07 Å². The fourth-order valence-corrected chi connectivity index (χ4v) is 1.43. The molecule has 0 aliphatic carbocycles. The van der Waals surface area contributed by atoms with Gasteiger partial charge in [-0.2, -0.15) is 13.2 Å². The summed E-state index contributed by atoms with van der Waals surface area (Å²) in [6, 6.07) is 2.60. The second-order valence-electron chi connectivity index (χ2n) is 3.83. The first-order valence-electron chi connectivity index (χ1n) is 5.32. The number of benzene rings is 1. The van der Waals surface area contributed by atoms with Crippen molar-refractivity contribution in [3.63, 3.8) is 0 Å². The van der Waals surface area contributed by atoms with Crippen molar-refractivity contribution in [2.45, 2.75) is 19.4 Å². The molecule has 0 saturated carbocycles. The van der Waals surface area contributed by atoms with Crippen LogP contribution in [0.25, 0.3) is 0 Å². The number of amides is 2. The van der Waals surface area contributed by atoms with Crippen molar-refractivity contribution in [2.24, 2.45) is 5.84 Å². The van der Waals surface area contributed by atoms with E-state index < -0.39 is 30.2 Å². The van der Waals surface area contributed by atoms with Crippen LogP contribution in [0.2, 0.25) is 0 Å². The summed E-state index contributed by atoms with van der Waals surface area (Å²) in [4.78, 5) is 21.9. The lowest BCUT2D eigenvalue weighted by Crippen LogP contribution is -2.42. The molecule has 1 aromatic carbocycles. The van der Waals surface area contributed by atoms with E-state index in [1.54, 1.807) is 5.43 Å². The Morgan fingerprint density at radius 3 is 2.20 bits per heavy atom. The molecular formula is C11H11F4N3O2. The summed E-state index contributed by atoms with van der Waals surface area (Å²) in [6.45, 7) is -1.43. The number of carbonyl (C=O) groups excluding carboxylic acids is 2. The Kier molecular flexibility index (Phi) is 5.03. The topological polar surface area (TPSA) is 84.2 Å². The Balaban J connectivity index is 2.90. The van der Waals surface area contributed by atoms with Crippen molar-refractivity contribution >= 4 is 11.8 Å². The van der Waals surface area contributed by atoms with Crippen LogP contribution in [0.4, 0.5) is 17.6 Å². The number of carbonyl (C=O) groups is 2. The number of hydrazine groups is 1. The molecule has 0 radical (unpaired) electrons. The van der Waals surface area contributed by atoms with Gasteiger partial charge in [-0.3, -0.25) is 15.0 Å². The fourth-order valence-electron chi connectivity index (χ4n) is 1.43. The number of nitrogens with two attached hydrogens (primary N) is 1. The largest absolute Gasteiger partial charge is 0.416 e. The smallest absolute Gasteiger partial charge is 0.344 e. The summed E-state index contributed by atoms with van der Waals surface area (Å²) in [7, 11) is 0. The zero-order valence-electron chi connectivity index (χ0n) is 10.1. The second kappa shape index (κ2) is 6.33. The summed E-state index contributed by atoms with van der Waals surface area (Å²) in [5, 5.41) is 2.06. The molecule has 0 unspecified atom stereocenters. The van der Waals surface area contributed by atoms with Gasteiger partial charge in [0.25, 0.3) is 0 Å². The van der Waals surface area contributed by atoms with Crippen LogP contribution < -0.4 is 16.6 Å². The number of nitrogens with one attached hydrogen (secondary N) is 2. The zero-order chi connectivity index (χ0) is 15.3. The first-order valence-corrected chi connectivity index (χ1v) is 5.32. The SMILES string of the molecule is NNC(=O)C(=O)NCc1cc(CF)cc(C(F)(F)F)c1. The maximum absolute atomic E-state index is 12.6. The lowest BCUT2D eigenvalue weighted by molar-refractivity contribution is -0.139. The van der Waals surface area contributed by atoms with Crippen LogP contribution in [0.15, 0.2) is 18.2 Å². The summed E-state index contributed by atoms with van der Waals surface area (Å²) in [6.07, 6.45) is -4.63. The highest BCUT2D eigenvalue weighted by Crippen LogP contribution is 2.30. The van der Waals surface area contributed by atoms with Crippen LogP contribution >= 0.6 is 0 Å². The summed E-state index contributed by atoms with van der Waals surface area (Å²) in [5.74, 6) is 2.47. The molecule has 1 rings (SSSR count). The molecular weight excluding hydrogens is 282 g/mol. The highest BCUT2D eigenvalue weighted by Gasteiger charge is 2.31. The van der Waals surface area contributed by atoms with Crippen LogP contribution in [-0.2, 0) is 29.0 Å². The van der Waals surface area contributed by atoms with Crippen LogP contribution in [0.1, 0.15) is 16.7 Å². The van der Waals surface area contributed by atoms with Crippen LogP contribution in [0.3, 0.4) is 0 Å². The zero-order valence-corrected chi connectivity index (χ0v) is 10.1. The molecule has 0 saturated heterocycles. The van der Waals surface area contributed by atoms with Crippen molar-refractivity contribution in [1.29, 1.82) is 0 Å². The first-order chi connectivity index (χ1) is 9.27. The number of halogens is 4. The molecule has 1 aromatic rings. The Labute approximate surface area is 111 Å². The molecule has 20 heavy (non-hydrogen) atoms. The third kappa shape index (κ3) is 4.19. The normalized spacial score (nSPS) is 11.1. The fraction of sp³-hybridized carbons (Fsp3) is 0.273. The molecule has 5 nitrogen and oxygen atoms in total. The van der Waals surface area contributed by atoms with E-state index in [-0.39, 0.29) is 17.7 Å². The van der Waals surface area contributed by atoms with Crippen molar-refractivity contribution in [2.75, 3.05) is 0 Å². The van der Waals surface area contributed by atoms with Gasteiger partial charge in [0.1, 0.15) is 6.67 Å². The van der Waals surface area contributed by atoms with Gasteiger partial charge in [-0.15, -0.1) is 0 Å². The Morgan fingerprint density at radius 1 is 1.10 bits per heavy atom. The predicted octanol–water partition coefficient (Wildman–Crippen LogP) is 0.781. The molecule has 0 bridgehead atoms. The van der Waals surface area contributed by atoms with Gasteiger partial charge in [0.2, 0.25) is 0 Å². The van der Waals surface area contributed by atoms with Crippen molar-refractivity contribution in [1.82, 2.24) is 10.7 Å². The van der Waals surface area contributed by atoms with Crippen LogP contribution in [0, 0.1) is 0 Å². The third-order valence-electron chi connectivity index (χ3n) is 2.32. The highest BCUT2D eigenvalue weighted by atomic mass is 19.4. The van der Waals surface area contributed by atoms with Gasteiger partial charge in [0.05, 0.1) is 5.56 Å². The average Bonchev–Trinajstić information content (AvgIpc) is 2.42. The van der Waals surface area contributed by atoms with Gasteiger partial charge in [-0.1, -0.05) is 6.07 Å². The first kappa shape index (κ1) is 15.9. The molecule has 0 aliphatic rings. The Bertz CT molecular complexity index is 517. The number of alkyl halides is 4. The number of hydrogen-bond acceptors (Lipinski definition) is 3. The molecule has 0 heterocycles. The van der Waals surface area contributed by atoms with E-state index in [1.165, 1.54) is 0 Å². The quantitative estimate of drug-likeness (QED) is 0.253. The Hall–Kier alpha value is -2.16. The highest BCUT2D eigenvalue weighted by molar-refractivity contribution is 6.34. The van der Waals surface area contributed by atoms with Gasteiger partial charge in [0, 0.05) is 6.54 Å². The van der Waals surface area contributed by atoms with Gasteiger partial charge in [0.15, 0.2) is 0 Å². The number of hydrogen-bond donors (Lipinski definition) is 3. The summed E-state index contributed by atoms with van der Waals surface area (Å²) in [5.41, 5.74) is 0.386. The predicted molar refractivity (Wildman–Crippen MR) is 60.4 cm³/mol. The molecule has 0 aromatic heterocycles. The van der Waals surface area contributed by atoms with Crippen LogP contribution in [0.5, 0.6) is 0 Å². The van der Waals surface area contributed by atoms with E-state index >= 15 is 0 Å². The van der Waals surface area contributed by atoms with E-state index in [4.69, 9.17) is 5.84 Å². The van der Waals surface area contributed by atoms with E-state index in [9.17, 15) is 27.2 Å². The third-order valence-corrected chi connectivity index (χ3v) is 2.32. The standard InChI is InChI=1S/C11H11F4N3O2/c12-4-6-1-7(3-8(2-6)11(13,14)15)5-17-9(19)10(20)18-16/h1-3H,4-5,16H2,(H,17,19)(H,18,20). The molecule has 4 N–H and O–H groups in total. The average molecular weight is 293 g/mol. The number of rotatable bonds is 3. The molecule has 9 heteroatoms. The van der Waals surface area contributed by atoms with E-state index in [2.05, 4.69) is 5.32 Å². The minimum atomic E-state index is -4.63. The van der Waals surface area contributed by atoms with Gasteiger partial charge < -0.3 is 5.32 Å². The summed E-state index contributed by atoms with van der Waals surface area (Å²) < 4.78 is 50.2. The molecule has 110 valence electrons. The van der Waals surface area contributed by atoms with E-state index in [1.807, 2.05) is 0 Å². The Morgan fingerprint density at radius 2 is 1.70 bits per heavy atom. The molecule has 0 atom stereocenters. The molecule has 0 spiro atoms. The minimum Gasteiger partial charge on any atom is -0.344 e. The van der Waals surface area contributed by atoms with Crippen molar-refractivity contribution < 1.29 is 27.2 Å². The monoisotopic (exact) mass is 293 g/mol. The second-order valence-corrected chi connectivity index (χ2v) is 3.83. The van der Waals surface area contributed by atoms with Gasteiger partial charge in [-0.25, -0.2) is 10.2 Å². The van der Waals surface area contributed by atoms with Gasteiger partial charge in [-0.05, 0) is 23.3 Å². The van der Waals surface area contributed by atoms with Gasteiger partial charge >= 0.3 is 18.0 Å². The maximum Gasteiger partial charge on any atom is 0.416 e. The molecule has 0 fully saturated rings. The van der Waals surface area contributed by atoms with Crippen LogP contribution in [-0.4, -0.2) is 11.8 Å². The minimum absolute atomic E-state index is 0.0191. The lowest BCUT2D eigenvalue weighted by Gasteiger charge is -2.11. The van der Waals surface area contributed by atoms with Crippen molar-refractivity contribution in [3.8, 4) is 0 Å². The maximum atomic E-state index is 12.6. The van der Waals surface area contributed by atoms with Crippen molar-refractivity contribution in [3.05, 3.63) is 34.9 Å².